The van der Waals surface area contributed by atoms with Gasteiger partial charge in [0, 0.05) is 31.6 Å². The molecule has 0 spiro atoms. The Bertz CT molecular complexity index is 574. The summed E-state index contributed by atoms with van der Waals surface area (Å²) in [5, 5.41) is 0. The molecule has 1 saturated heterocycles. The van der Waals surface area contributed by atoms with Crippen molar-refractivity contribution in [1.29, 1.82) is 0 Å². The van der Waals surface area contributed by atoms with Gasteiger partial charge in [0.05, 0.1) is 13.7 Å². The van der Waals surface area contributed by atoms with Crippen molar-refractivity contribution in [2.75, 3.05) is 20.3 Å². The fraction of sp³-hybridized carbons (Fsp3) is 0.737. The average Bonchev–Trinajstić information content (AvgIpc) is 2.60. The summed E-state index contributed by atoms with van der Waals surface area (Å²) in [5.74, 6) is 0.496. The molecule has 2 heterocycles. The smallest absolute Gasteiger partial charge is 0.410 e. The number of methoxy groups -OCH3 is 1. The number of carbonyl (C=O) groups is 1. The van der Waals surface area contributed by atoms with Crippen LogP contribution in [0.3, 0.4) is 0 Å². The Morgan fingerprint density at radius 3 is 2.77 bits per heavy atom. The molecule has 1 fully saturated rings. The van der Waals surface area contributed by atoms with Crippen LogP contribution in [-0.4, -0.2) is 52.9 Å². The van der Waals surface area contributed by atoms with E-state index in [-0.39, 0.29) is 12.1 Å². The normalized spacial score (nSPS) is 17.8. The summed E-state index contributed by atoms with van der Waals surface area (Å²) in [6.45, 7) is 7.46. The summed E-state index contributed by atoms with van der Waals surface area (Å²) in [6, 6.07) is 0.230. The summed E-state index contributed by atoms with van der Waals surface area (Å²) in [6.07, 6.45) is 8.03. The summed E-state index contributed by atoms with van der Waals surface area (Å²) in [7, 11) is 1.57. The first-order valence-corrected chi connectivity index (χ1v) is 9.32. The number of hydrogen-bond acceptors (Lipinski definition) is 6. The minimum absolute atomic E-state index is 0.201. The van der Waals surface area contributed by atoms with Gasteiger partial charge >= 0.3 is 6.09 Å². The van der Waals surface area contributed by atoms with Gasteiger partial charge in [0.1, 0.15) is 11.3 Å². The summed E-state index contributed by atoms with van der Waals surface area (Å²) >= 11 is 0. The van der Waals surface area contributed by atoms with Crippen molar-refractivity contribution >= 4 is 6.09 Å². The van der Waals surface area contributed by atoms with E-state index in [9.17, 15) is 4.79 Å². The molecular formula is C19H31N3O4. The van der Waals surface area contributed by atoms with Gasteiger partial charge in [-0.2, -0.15) is 0 Å². The van der Waals surface area contributed by atoms with Crippen LogP contribution in [0.1, 0.15) is 58.6 Å². The molecule has 0 aliphatic carbocycles. The second kappa shape index (κ2) is 9.71. The lowest BCUT2D eigenvalue weighted by Crippen LogP contribution is -2.46. The van der Waals surface area contributed by atoms with Gasteiger partial charge in [-0.25, -0.2) is 9.78 Å². The minimum atomic E-state index is -0.460. The predicted octanol–water partition coefficient (Wildman–Crippen LogP) is 3.57. The van der Waals surface area contributed by atoms with E-state index in [1.165, 1.54) is 0 Å². The van der Waals surface area contributed by atoms with E-state index in [0.717, 1.165) is 38.6 Å². The number of amides is 1. The van der Waals surface area contributed by atoms with Crippen molar-refractivity contribution in [3.8, 4) is 5.88 Å². The van der Waals surface area contributed by atoms with E-state index < -0.39 is 5.60 Å². The van der Waals surface area contributed by atoms with Crippen molar-refractivity contribution in [2.45, 2.75) is 71.1 Å². The van der Waals surface area contributed by atoms with E-state index in [0.29, 0.717) is 24.8 Å². The maximum absolute atomic E-state index is 12.4. The average molecular weight is 365 g/mol. The van der Waals surface area contributed by atoms with Crippen LogP contribution in [0.5, 0.6) is 5.88 Å². The largest absolute Gasteiger partial charge is 0.480 e. The molecule has 0 radical (unpaired) electrons. The molecule has 0 unspecified atom stereocenters. The Balaban J connectivity index is 1.75. The maximum Gasteiger partial charge on any atom is 0.410 e. The second-order valence-corrected chi connectivity index (χ2v) is 7.53. The molecule has 7 heteroatoms. The maximum atomic E-state index is 12.4. The first-order chi connectivity index (χ1) is 12.4. The van der Waals surface area contributed by atoms with Crippen LogP contribution in [0.15, 0.2) is 12.4 Å². The molecule has 0 bridgehead atoms. The molecule has 1 atom stereocenters. The molecule has 2 rings (SSSR count). The lowest BCUT2D eigenvalue weighted by molar-refractivity contribution is 0.00721. The predicted molar refractivity (Wildman–Crippen MR) is 98.1 cm³/mol. The van der Waals surface area contributed by atoms with Gasteiger partial charge < -0.3 is 19.1 Å². The van der Waals surface area contributed by atoms with Crippen LogP contribution in [0.25, 0.3) is 0 Å². The summed E-state index contributed by atoms with van der Waals surface area (Å²) in [5.41, 5.74) is 0.237. The number of likely N-dealkylation sites (tertiary alicyclic amines) is 1. The Hall–Kier alpha value is -1.89. The third-order valence-electron chi connectivity index (χ3n) is 4.25. The van der Waals surface area contributed by atoms with E-state index in [1.807, 2.05) is 25.7 Å². The number of rotatable bonds is 7. The molecule has 146 valence electrons. The highest BCUT2D eigenvalue weighted by Crippen LogP contribution is 2.23. The Kier molecular flexibility index (Phi) is 7.63. The van der Waals surface area contributed by atoms with Gasteiger partial charge in [0.15, 0.2) is 0 Å². The van der Waals surface area contributed by atoms with Gasteiger partial charge in [0.25, 0.3) is 0 Å². The van der Waals surface area contributed by atoms with Crippen LogP contribution in [0, 0.1) is 0 Å². The number of carbonyl (C=O) groups excluding carboxylic acids is 1. The minimum Gasteiger partial charge on any atom is -0.480 e. The lowest BCUT2D eigenvalue weighted by Gasteiger charge is -2.36. The zero-order chi connectivity index (χ0) is 19.0. The molecule has 7 nitrogen and oxygen atoms in total. The Morgan fingerprint density at radius 1 is 1.27 bits per heavy atom. The molecule has 1 aromatic rings. The van der Waals surface area contributed by atoms with Gasteiger partial charge in [0.2, 0.25) is 5.88 Å². The SMILES string of the molecule is COc1nccnc1COCCC[C@@H]1CCCCN1C(=O)OC(C)(C)C. The van der Waals surface area contributed by atoms with Crippen LogP contribution < -0.4 is 4.74 Å². The van der Waals surface area contributed by atoms with Crippen LogP contribution in [-0.2, 0) is 16.1 Å². The van der Waals surface area contributed by atoms with E-state index in [1.54, 1.807) is 19.5 Å². The molecule has 1 aromatic heterocycles. The zero-order valence-electron chi connectivity index (χ0n) is 16.4. The molecule has 0 saturated carbocycles. The molecule has 26 heavy (non-hydrogen) atoms. The summed E-state index contributed by atoms with van der Waals surface area (Å²) < 4.78 is 16.4. The lowest BCUT2D eigenvalue weighted by atomic mass is 9.98. The Labute approximate surface area is 156 Å². The highest BCUT2D eigenvalue weighted by atomic mass is 16.6. The Morgan fingerprint density at radius 2 is 2.04 bits per heavy atom. The van der Waals surface area contributed by atoms with Crippen molar-refractivity contribution < 1.29 is 19.0 Å². The van der Waals surface area contributed by atoms with Crippen molar-refractivity contribution in [2.24, 2.45) is 0 Å². The number of ether oxygens (including phenoxy) is 3. The zero-order valence-corrected chi connectivity index (χ0v) is 16.4. The fourth-order valence-corrected chi connectivity index (χ4v) is 3.08. The van der Waals surface area contributed by atoms with Crippen LogP contribution >= 0.6 is 0 Å². The molecular weight excluding hydrogens is 334 g/mol. The third kappa shape index (κ3) is 6.44. The molecule has 1 aliphatic heterocycles. The van der Waals surface area contributed by atoms with Gasteiger partial charge in [-0.05, 0) is 52.9 Å². The van der Waals surface area contributed by atoms with Crippen molar-refractivity contribution in [3.05, 3.63) is 18.1 Å². The first-order valence-electron chi connectivity index (χ1n) is 9.32. The van der Waals surface area contributed by atoms with Crippen molar-refractivity contribution in [3.63, 3.8) is 0 Å². The van der Waals surface area contributed by atoms with E-state index in [2.05, 4.69) is 9.97 Å². The number of hydrogen-bond donors (Lipinski definition) is 0. The molecule has 0 aromatic carbocycles. The molecule has 1 aliphatic rings. The molecule has 0 N–H and O–H groups in total. The van der Waals surface area contributed by atoms with Crippen LogP contribution in [0.4, 0.5) is 4.79 Å². The van der Waals surface area contributed by atoms with Gasteiger partial charge in [-0.1, -0.05) is 0 Å². The molecule has 1 amide bonds. The van der Waals surface area contributed by atoms with Gasteiger partial charge in [-0.15, -0.1) is 0 Å². The third-order valence-corrected chi connectivity index (χ3v) is 4.25. The quantitative estimate of drug-likeness (QED) is 0.688. The topological polar surface area (TPSA) is 73.8 Å². The number of aromatic nitrogens is 2. The number of nitrogens with zero attached hydrogens (tertiary/aromatic N) is 3. The van der Waals surface area contributed by atoms with Crippen molar-refractivity contribution in [1.82, 2.24) is 14.9 Å². The number of piperidine rings is 1. The van der Waals surface area contributed by atoms with Gasteiger partial charge in [-0.3, -0.25) is 4.98 Å². The second-order valence-electron chi connectivity index (χ2n) is 7.53. The van der Waals surface area contributed by atoms with E-state index >= 15 is 0 Å². The highest BCUT2D eigenvalue weighted by molar-refractivity contribution is 5.68. The fourth-order valence-electron chi connectivity index (χ4n) is 3.08. The van der Waals surface area contributed by atoms with Crippen LogP contribution in [0.2, 0.25) is 0 Å². The summed E-state index contributed by atoms with van der Waals surface area (Å²) in [4.78, 5) is 22.6. The first kappa shape index (κ1) is 20.4. The van der Waals surface area contributed by atoms with E-state index in [4.69, 9.17) is 14.2 Å². The highest BCUT2D eigenvalue weighted by Gasteiger charge is 2.29. The monoisotopic (exact) mass is 365 g/mol. The standard InChI is InChI=1S/C19H31N3O4/c1-19(2,3)26-18(23)22-12-6-5-8-15(22)9-7-13-25-14-16-17(24-4)21-11-10-20-16/h10-11,15H,5-9,12-14H2,1-4H3/t15-/m0/s1.